The fourth-order valence-corrected chi connectivity index (χ4v) is 5.28. The summed E-state index contributed by atoms with van der Waals surface area (Å²) >= 11 is 0. The average molecular weight is 476 g/mol. The van der Waals surface area contributed by atoms with Gasteiger partial charge in [-0.05, 0) is 40.0 Å². The number of epoxide rings is 2. The second-order valence-corrected chi connectivity index (χ2v) is 9.82. The van der Waals surface area contributed by atoms with Gasteiger partial charge in [0.2, 0.25) is 0 Å². The number of carbonyl (C=O) groups excluding carboxylic acids is 2. The molecule has 0 unspecified atom stereocenters. The minimum absolute atomic E-state index is 0. The topological polar surface area (TPSA) is 113 Å². The SMILES string of the molecule is CO[C@@H]1[C@H](OC(=O)N2CC(OCCC(=O)[O-])C2)CC[C@]2(CO2)[C@H]1[C@@]1(C)O[C@@H]1CC=C(C)C.[Na+]. The van der Waals surface area contributed by atoms with E-state index in [0.29, 0.717) is 26.1 Å². The fourth-order valence-electron chi connectivity index (χ4n) is 5.28. The summed E-state index contributed by atoms with van der Waals surface area (Å²) in [6.07, 6.45) is 3.21. The Kier molecular flexibility index (Phi) is 8.58. The van der Waals surface area contributed by atoms with Crippen molar-refractivity contribution in [3.05, 3.63) is 11.6 Å². The van der Waals surface area contributed by atoms with Gasteiger partial charge < -0.3 is 38.5 Å². The van der Waals surface area contributed by atoms with Crippen molar-refractivity contribution in [2.45, 2.75) is 82.1 Å². The van der Waals surface area contributed by atoms with E-state index >= 15 is 0 Å². The molecule has 0 aromatic heterocycles. The molecule has 180 valence electrons. The zero-order chi connectivity index (χ0) is 23.1. The summed E-state index contributed by atoms with van der Waals surface area (Å²) in [5.41, 5.74) is 0.630. The van der Waals surface area contributed by atoms with Gasteiger partial charge in [0.25, 0.3) is 0 Å². The standard InChI is InChI=1S/C23H35NO8.Na/c1-14(2)5-6-17-22(3,32-17)20-19(28-4)16(7-9-23(20)13-30-23)31-21(27)24-11-15(12-24)29-10-8-18(25)26;/h5,15-17,19-20H,6-13H2,1-4H3,(H,25,26);/q;+1/p-1/t16-,17-,19-,20-,22+,23+;/m1./s1. The fraction of sp³-hybridized carbons (Fsp3) is 0.826. The van der Waals surface area contributed by atoms with Gasteiger partial charge in [0.05, 0.1) is 44.4 Å². The monoisotopic (exact) mass is 475 g/mol. The molecule has 3 saturated heterocycles. The predicted octanol–water partition coefficient (Wildman–Crippen LogP) is -1.96. The van der Waals surface area contributed by atoms with Crippen LogP contribution in [0.3, 0.4) is 0 Å². The summed E-state index contributed by atoms with van der Waals surface area (Å²) in [5.74, 6) is -1.16. The van der Waals surface area contributed by atoms with E-state index in [4.69, 9.17) is 23.7 Å². The minimum Gasteiger partial charge on any atom is -0.550 e. The van der Waals surface area contributed by atoms with Crippen LogP contribution < -0.4 is 34.7 Å². The molecule has 1 aliphatic carbocycles. The number of amides is 1. The molecule has 0 aromatic rings. The molecule has 4 rings (SSSR count). The van der Waals surface area contributed by atoms with Crippen molar-refractivity contribution < 1.29 is 67.9 Å². The number of carbonyl (C=O) groups is 2. The third-order valence-electron chi connectivity index (χ3n) is 7.26. The van der Waals surface area contributed by atoms with Crippen LogP contribution in [-0.4, -0.2) is 86.0 Å². The molecule has 4 aliphatic rings. The second kappa shape index (κ2) is 10.5. The van der Waals surface area contributed by atoms with E-state index < -0.39 is 12.1 Å². The van der Waals surface area contributed by atoms with E-state index in [1.165, 1.54) is 5.57 Å². The molecule has 0 aromatic carbocycles. The predicted molar refractivity (Wildman–Crippen MR) is 111 cm³/mol. The molecule has 6 atom stereocenters. The number of methoxy groups -OCH3 is 1. The van der Waals surface area contributed by atoms with Crippen LogP contribution in [0.1, 0.15) is 46.5 Å². The van der Waals surface area contributed by atoms with Gasteiger partial charge in [-0.2, -0.15) is 0 Å². The molecule has 33 heavy (non-hydrogen) atoms. The number of hydrogen-bond acceptors (Lipinski definition) is 8. The number of carboxylic acids is 1. The van der Waals surface area contributed by atoms with Crippen LogP contribution in [0.15, 0.2) is 11.6 Å². The van der Waals surface area contributed by atoms with Crippen molar-refractivity contribution in [2.75, 3.05) is 33.4 Å². The number of hydrogen-bond donors (Lipinski definition) is 0. The van der Waals surface area contributed by atoms with Gasteiger partial charge in [-0.15, -0.1) is 0 Å². The summed E-state index contributed by atoms with van der Waals surface area (Å²) in [4.78, 5) is 24.7. The first-order valence-corrected chi connectivity index (χ1v) is 11.4. The molecule has 1 saturated carbocycles. The Morgan fingerprint density at radius 1 is 1.27 bits per heavy atom. The number of rotatable bonds is 9. The van der Waals surface area contributed by atoms with Crippen LogP contribution in [0.4, 0.5) is 4.79 Å². The molecule has 0 N–H and O–H groups in total. The van der Waals surface area contributed by atoms with Gasteiger partial charge in [-0.3, -0.25) is 0 Å². The Hall–Kier alpha value is -0.680. The molecule has 10 heteroatoms. The quantitative estimate of drug-likeness (QED) is 0.215. The van der Waals surface area contributed by atoms with Crippen molar-refractivity contribution in [2.24, 2.45) is 5.92 Å². The van der Waals surface area contributed by atoms with Crippen LogP contribution in [0.5, 0.6) is 0 Å². The maximum Gasteiger partial charge on any atom is 1.00 e. The minimum atomic E-state index is -1.15. The normalized spacial score (nSPS) is 37.0. The van der Waals surface area contributed by atoms with Gasteiger partial charge in [-0.25, -0.2) is 4.79 Å². The second-order valence-electron chi connectivity index (χ2n) is 9.82. The van der Waals surface area contributed by atoms with Crippen molar-refractivity contribution in [1.82, 2.24) is 4.90 Å². The van der Waals surface area contributed by atoms with Crippen molar-refractivity contribution >= 4 is 12.1 Å². The zero-order valence-corrected chi connectivity index (χ0v) is 22.3. The van der Waals surface area contributed by atoms with E-state index in [2.05, 4.69) is 26.8 Å². The largest absolute Gasteiger partial charge is 1.00 e. The molecule has 0 radical (unpaired) electrons. The van der Waals surface area contributed by atoms with E-state index in [1.807, 2.05) is 0 Å². The maximum absolute atomic E-state index is 12.7. The number of ether oxygens (including phenoxy) is 5. The number of nitrogens with zero attached hydrogens (tertiary/aromatic N) is 1. The van der Waals surface area contributed by atoms with Crippen LogP contribution in [0.25, 0.3) is 0 Å². The molecule has 0 bridgehead atoms. The Labute approximate surface area is 217 Å². The summed E-state index contributed by atoms with van der Waals surface area (Å²) < 4.78 is 29.3. The first-order chi connectivity index (χ1) is 15.2. The van der Waals surface area contributed by atoms with Crippen LogP contribution in [0.2, 0.25) is 0 Å². The van der Waals surface area contributed by atoms with Crippen LogP contribution in [-0.2, 0) is 28.5 Å². The number of carboxylic acid groups (broad SMARTS) is 1. The molecule has 1 amide bonds. The third kappa shape index (κ3) is 5.77. The van der Waals surface area contributed by atoms with E-state index in [9.17, 15) is 14.7 Å². The van der Waals surface area contributed by atoms with Crippen LogP contribution in [0, 0.1) is 5.92 Å². The van der Waals surface area contributed by atoms with Gasteiger partial charge in [-0.1, -0.05) is 11.6 Å². The van der Waals surface area contributed by atoms with E-state index in [1.54, 1.807) is 12.0 Å². The number of aliphatic carboxylic acids is 1. The maximum atomic E-state index is 12.7. The molecular formula is C23H34NNaO8. The van der Waals surface area contributed by atoms with Gasteiger partial charge in [0.15, 0.2) is 0 Å². The van der Waals surface area contributed by atoms with Gasteiger partial charge in [0.1, 0.15) is 23.4 Å². The van der Waals surface area contributed by atoms with Crippen molar-refractivity contribution in [3.8, 4) is 0 Å². The summed E-state index contributed by atoms with van der Waals surface area (Å²) in [6.45, 7) is 7.81. The van der Waals surface area contributed by atoms with Crippen molar-refractivity contribution in [3.63, 3.8) is 0 Å². The molecular weight excluding hydrogens is 441 g/mol. The smallest absolute Gasteiger partial charge is 0.550 e. The van der Waals surface area contributed by atoms with E-state index in [0.717, 1.165) is 12.8 Å². The summed E-state index contributed by atoms with van der Waals surface area (Å²) in [6, 6.07) is 0. The molecule has 9 nitrogen and oxygen atoms in total. The van der Waals surface area contributed by atoms with Gasteiger partial charge >= 0.3 is 35.7 Å². The molecule has 1 spiro atoms. The molecule has 3 heterocycles. The Balaban J connectivity index is 0.00000306. The Bertz CT molecular complexity index is 762. The summed E-state index contributed by atoms with van der Waals surface area (Å²) in [5, 5.41) is 10.5. The third-order valence-corrected chi connectivity index (χ3v) is 7.26. The Morgan fingerprint density at radius 3 is 2.55 bits per heavy atom. The van der Waals surface area contributed by atoms with E-state index in [-0.39, 0.29) is 84.1 Å². The molecule has 3 aliphatic heterocycles. The number of likely N-dealkylation sites (tertiary alicyclic amines) is 1. The summed E-state index contributed by atoms with van der Waals surface area (Å²) in [7, 11) is 1.65. The number of allylic oxidation sites excluding steroid dienone is 1. The van der Waals surface area contributed by atoms with Crippen molar-refractivity contribution in [1.29, 1.82) is 0 Å². The average Bonchev–Trinajstić information content (AvgIpc) is 3.60. The van der Waals surface area contributed by atoms with Crippen LogP contribution >= 0.6 is 0 Å². The van der Waals surface area contributed by atoms with Gasteiger partial charge in [0, 0.05) is 19.5 Å². The zero-order valence-electron chi connectivity index (χ0n) is 20.3. The first kappa shape index (κ1) is 26.9. The Morgan fingerprint density at radius 2 is 1.97 bits per heavy atom. The molecule has 4 fully saturated rings. The first-order valence-electron chi connectivity index (χ1n) is 11.4.